The van der Waals surface area contributed by atoms with Gasteiger partial charge >= 0.3 is 0 Å². The number of benzene rings is 1. The molecule has 0 aliphatic rings. The lowest BCUT2D eigenvalue weighted by atomic mass is 10.2. The molecule has 0 saturated heterocycles. The average Bonchev–Trinajstić information content (AvgIpc) is 2.90. The van der Waals surface area contributed by atoms with Gasteiger partial charge in [0.15, 0.2) is 0 Å². The van der Waals surface area contributed by atoms with Gasteiger partial charge in [0.2, 0.25) is 0 Å². The Morgan fingerprint density at radius 3 is 2.80 bits per heavy atom. The van der Waals surface area contributed by atoms with Gasteiger partial charge in [-0.2, -0.15) is 5.10 Å². The molecule has 2 aromatic heterocycles. The van der Waals surface area contributed by atoms with Crippen molar-refractivity contribution in [2.24, 2.45) is 0 Å². The molecule has 2 heterocycles. The minimum Gasteiger partial charge on any atom is -0.268 e. The third kappa shape index (κ3) is 2.56. The Balaban J connectivity index is 1.88. The Bertz CT molecular complexity index is 739. The summed E-state index contributed by atoms with van der Waals surface area (Å²) in [5.41, 5.74) is 2.27. The molecular formula is C15H11ClFN3. The molecule has 3 aromatic rings. The van der Waals surface area contributed by atoms with E-state index < -0.39 is 0 Å². The van der Waals surface area contributed by atoms with Crippen molar-refractivity contribution >= 4 is 11.6 Å². The lowest BCUT2D eigenvalue weighted by Gasteiger charge is -2.03. The van der Waals surface area contributed by atoms with Gasteiger partial charge in [-0.1, -0.05) is 29.8 Å². The largest absolute Gasteiger partial charge is 0.268 e. The summed E-state index contributed by atoms with van der Waals surface area (Å²) in [6, 6.07) is 10.4. The van der Waals surface area contributed by atoms with Gasteiger partial charge in [0.05, 0.1) is 12.7 Å². The van der Waals surface area contributed by atoms with Crippen molar-refractivity contribution in [1.29, 1.82) is 0 Å². The summed E-state index contributed by atoms with van der Waals surface area (Å²) in [5, 5.41) is 4.66. The smallest absolute Gasteiger partial charge is 0.136 e. The van der Waals surface area contributed by atoms with E-state index in [2.05, 4.69) is 10.1 Å². The van der Waals surface area contributed by atoms with E-state index in [1.165, 1.54) is 6.07 Å². The highest BCUT2D eigenvalue weighted by molar-refractivity contribution is 6.32. The fraction of sp³-hybridized carbons (Fsp3) is 0.0667. The molecule has 3 nitrogen and oxygen atoms in total. The molecule has 0 radical (unpaired) electrons. The molecule has 3 rings (SSSR count). The average molecular weight is 288 g/mol. The molecule has 0 aliphatic carbocycles. The molecule has 0 spiro atoms. The summed E-state index contributed by atoms with van der Waals surface area (Å²) in [6.45, 7) is 0.380. The SMILES string of the molecule is Fc1ccccc1Cn1cc(-c2cccnc2Cl)cn1. The summed E-state index contributed by atoms with van der Waals surface area (Å²) in [7, 11) is 0. The van der Waals surface area contributed by atoms with Crippen LogP contribution in [0.3, 0.4) is 0 Å². The first-order chi connectivity index (χ1) is 9.74. The van der Waals surface area contributed by atoms with E-state index in [1.54, 1.807) is 35.3 Å². The van der Waals surface area contributed by atoms with Crippen molar-refractivity contribution in [1.82, 2.24) is 14.8 Å². The molecule has 0 bridgehead atoms. The first-order valence-electron chi connectivity index (χ1n) is 6.11. The Hall–Kier alpha value is -2.20. The van der Waals surface area contributed by atoms with Crippen LogP contribution in [-0.4, -0.2) is 14.8 Å². The Kier molecular flexibility index (Phi) is 3.48. The topological polar surface area (TPSA) is 30.7 Å². The van der Waals surface area contributed by atoms with E-state index in [1.807, 2.05) is 18.3 Å². The Labute approximate surface area is 120 Å². The lowest BCUT2D eigenvalue weighted by molar-refractivity contribution is 0.585. The van der Waals surface area contributed by atoms with Crippen LogP contribution in [-0.2, 0) is 6.54 Å². The van der Waals surface area contributed by atoms with Crippen molar-refractivity contribution in [2.75, 3.05) is 0 Å². The van der Waals surface area contributed by atoms with E-state index in [9.17, 15) is 4.39 Å². The molecule has 0 unspecified atom stereocenters. The van der Waals surface area contributed by atoms with Gasteiger partial charge in [-0.15, -0.1) is 0 Å². The van der Waals surface area contributed by atoms with Crippen LogP contribution in [0.2, 0.25) is 5.15 Å². The van der Waals surface area contributed by atoms with Gasteiger partial charge in [-0.3, -0.25) is 4.68 Å². The van der Waals surface area contributed by atoms with Crippen LogP contribution < -0.4 is 0 Å². The van der Waals surface area contributed by atoms with Crippen LogP contribution in [0.1, 0.15) is 5.56 Å². The van der Waals surface area contributed by atoms with E-state index >= 15 is 0 Å². The Morgan fingerprint density at radius 2 is 2.00 bits per heavy atom. The maximum atomic E-state index is 13.6. The third-order valence-electron chi connectivity index (χ3n) is 2.99. The standard InChI is InChI=1S/C15H11ClFN3/c16-15-13(5-3-7-18-15)12-8-19-20(10-12)9-11-4-1-2-6-14(11)17/h1-8,10H,9H2. The first-order valence-corrected chi connectivity index (χ1v) is 6.48. The highest BCUT2D eigenvalue weighted by Gasteiger charge is 2.08. The number of nitrogens with zero attached hydrogens (tertiary/aromatic N) is 3. The zero-order chi connectivity index (χ0) is 13.9. The fourth-order valence-electron chi connectivity index (χ4n) is 1.99. The van der Waals surface area contributed by atoms with Crippen molar-refractivity contribution in [3.8, 4) is 11.1 Å². The normalized spacial score (nSPS) is 10.7. The summed E-state index contributed by atoms with van der Waals surface area (Å²) >= 11 is 6.05. The van der Waals surface area contributed by atoms with Gasteiger partial charge in [0, 0.05) is 29.1 Å². The maximum absolute atomic E-state index is 13.6. The van der Waals surface area contributed by atoms with Crippen molar-refractivity contribution in [2.45, 2.75) is 6.54 Å². The molecule has 1 aromatic carbocycles. The molecule has 100 valence electrons. The minimum atomic E-state index is -0.232. The van der Waals surface area contributed by atoms with Crippen LogP contribution in [0.5, 0.6) is 0 Å². The molecule has 0 fully saturated rings. The predicted molar refractivity (Wildman–Crippen MR) is 76.0 cm³/mol. The lowest BCUT2D eigenvalue weighted by Crippen LogP contribution is -2.01. The van der Waals surface area contributed by atoms with Crippen molar-refractivity contribution in [3.63, 3.8) is 0 Å². The molecule has 0 aliphatic heterocycles. The number of hydrogen-bond donors (Lipinski definition) is 0. The monoisotopic (exact) mass is 287 g/mol. The van der Waals surface area contributed by atoms with Gasteiger partial charge in [-0.05, 0) is 18.2 Å². The van der Waals surface area contributed by atoms with Crippen molar-refractivity contribution in [3.05, 3.63) is 71.5 Å². The van der Waals surface area contributed by atoms with Gasteiger partial charge < -0.3 is 0 Å². The van der Waals surface area contributed by atoms with Crippen molar-refractivity contribution < 1.29 is 4.39 Å². The van der Waals surface area contributed by atoms with Gasteiger partial charge in [-0.25, -0.2) is 9.37 Å². The van der Waals surface area contributed by atoms with Crippen LogP contribution in [0, 0.1) is 5.82 Å². The molecule has 0 amide bonds. The molecule has 0 saturated carbocycles. The van der Waals surface area contributed by atoms with Gasteiger partial charge in [0.25, 0.3) is 0 Å². The summed E-state index contributed by atoms with van der Waals surface area (Å²) in [6.07, 6.45) is 5.16. The Morgan fingerprint density at radius 1 is 1.15 bits per heavy atom. The van der Waals surface area contributed by atoms with E-state index in [4.69, 9.17) is 11.6 Å². The maximum Gasteiger partial charge on any atom is 0.136 e. The quantitative estimate of drug-likeness (QED) is 0.686. The zero-order valence-corrected chi connectivity index (χ0v) is 11.3. The van der Waals surface area contributed by atoms with Crippen LogP contribution >= 0.6 is 11.6 Å². The molecular weight excluding hydrogens is 277 g/mol. The molecule has 20 heavy (non-hydrogen) atoms. The number of rotatable bonds is 3. The number of aromatic nitrogens is 3. The summed E-state index contributed by atoms with van der Waals surface area (Å²) in [4.78, 5) is 4.03. The predicted octanol–water partition coefficient (Wildman–Crippen LogP) is 3.79. The van der Waals surface area contributed by atoms with Gasteiger partial charge in [0.1, 0.15) is 11.0 Å². The van der Waals surface area contributed by atoms with Crippen LogP contribution in [0.4, 0.5) is 4.39 Å². The molecule has 0 N–H and O–H groups in total. The summed E-state index contributed by atoms with van der Waals surface area (Å²) < 4.78 is 15.3. The first kappa shape index (κ1) is 12.8. The highest BCUT2D eigenvalue weighted by atomic mass is 35.5. The second-order valence-corrected chi connectivity index (χ2v) is 4.72. The second kappa shape index (κ2) is 5.43. The second-order valence-electron chi connectivity index (χ2n) is 4.36. The third-order valence-corrected chi connectivity index (χ3v) is 3.29. The number of halogens is 2. The molecule has 5 heteroatoms. The van der Waals surface area contributed by atoms with Crippen LogP contribution in [0.15, 0.2) is 55.0 Å². The van der Waals surface area contributed by atoms with E-state index in [-0.39, 0.29) is 5.82 Å². The number of pyridine rings is 1. The fourth-order valence-corrected chi connectivity index (χ4v) is 2.22. The van der Waals surface area contributed by atoms with E-state index in [0.717, 1.165) is 11.1 Å². The van der Waals surface area contributed by atoms with Crippen LogP contribution in [0.25, 0.3) is 11.1 Å². The number of hydrogen-bond acceptors (Lipinski definition) is 2. The van der Waals surface area contributed by atoms with E-state index in [0.29, 0.717) is 17.3 Å². The zero-order valence-electron chi connectivity index (χ0n) is 10.5. The highest BCUT2D eigenvalue weighted by Crippen LogP contribution is 2.25. The summed E-state index contributed by atoms with van der Waals surface area (Å²) in [5.74, 6) is -0.232. The molecule has 0 atom stereocenters. The minimum absolute atomic E-state index is 0.232.